The lowest BCUT2D eigenvalue weighted by atomic mass is 9.78. The van der Waals surface area contributed by atoms with Crippen molar-refractivity contribution in [1.29, 1.82) is 0 Å². The molecular weight excluding hydrogens is 835 g/mol. The summed E-state index contributed by atoms with van der Waals surface area (Å²) in [6.45, 7) is 12.7. The van der Waals surface area contributed by atoms with Crippen LogP contribution in [0.3, 0.4) is 0 Å². The molecule has 366 valence electrons. The van der Waals surface area contributed by atoms with Crippen molar-refractivity contribution >= 4 is 29.2 Å². The Hall–Kier alpha value is -3.37. The standard InChI is InChI=1S/C51H79NO13/c1-30-16-12-11-13-17-31(2)42(61-8)28-38-21-19-36(7)51(60,65-38)48(57)49(58)52-23-15-14-18-39(52)50(59)64-43(33(4)26-37-20-22-40(53)44(27-37)62-9)29-41(54)32(3)25-35(6)46(56)47(63-10)45(55)34(5)24-30/h11-13,16-17,25,30,32-34,36-40,42-44,46-47,53,56,60H,14-15,18-24,26-29H2,1-10H3/b13-11?,16-12+,31-17?,35-25-/t30-,32+,33-,34-,36-,37-,38+,39+,40-,42+,43+,44-,46-,47+,51-/m1/s1. The average molecular weight is 914 g/mol. The van der Waals surface area contributed by atoms with Crippen LogP contribution in [-0.4, -0.2) is 132 Å². The fourth-order valence-corrected chi connectivity index (χ4v) is 10.1. The highest BCUT2D eigenvalue weighted by Gasteiger charge is 2.53. The number of ether oxygens (including phenoxy) is 5. The lowest BCUT2D eigenvalue weighted by Crippen LogP contribution is -2.61. The van der Waals surface area contributed by atoms with Crippen molar-refractivity contribution in [2.24, 2.45) is 35.5 Å². The second kappa shape index (κ2) is 25.1. The molecule has 4 rings (SSSR count). The number of carbonyl (C=O) groups excluding carboxylic acids is 5. The quantitative estimate of drug-likeness (QED) is 0.156. The number of nitrogens with zero attached hydrogens (tertiary/aromatic N) is 1. The Labute approximate surface area is 387 Å². The first-order valence-electron chi connectivity index (χ1n) is 23.9. The molecule has 65 heavy (non-hydrogen) atoms. The van der Waals surface area contributed by atoms with E-state index in [4.69, 9.17) is 23.7 Å². The van der Waals surface area contributed by atoms with E-state index in [1.807, 2.05) is 58.1 Å². The number of aliphatic hydroxyl groups excluding tert-OH is 2. The number of fused-ring (bicyclic) bond motifs is 3. The molecular formula is C51H79NO13. The lowest BCUT2D eigenvalue weighted by Gasteiger charge is -2.42. The molecule has 1 saturated carbocycles. The van der Waals surface area contributed by atoms with Gasteiger partial charge in [-0.1, -0.05) is 71.1 Å². The monoisotopic (exact) mass is 914 g/mol. The number of carbonyl (C=O) groups is 5. The number of esters is 1. The highest BCUT2D eigenvalue weighted by atomic mass is 16.6. The van der Waals surface area contributed by atoms with E-state index in [-0.39, 0.29) is 54.8 Å². The number of cyclic esters (lactones) is 1. The van der Waals surface area contributed by atoms with Crippen LogP contribution in [-0.2, 0) is 47.7 Å². The van der Waals surface area contributed by atoms with Gasteiger partial charge in [0.25, 0.3) is 11.7 Å². The SMILES string of the molecule is CO[C@H]1C[C@@H]2CC[C@@H](C)[C@@](O)(O2)C(=O)C(=O)N2CCCC[C@H]2C(=O)O[C@H]([C@H](C)C[C@H]2CC[C@@H](O)[C@H](OC)C2)CC(=O)[C@@H](C)/C=C(/C)[C@@H](O)[C@@H](OC)C(=O)[C@H](C)C[C@H](C)/C=C/C=CC=C1C. The van der Waals surface area contributed by atoms with Gasteiger partial charge in [0, 0.05) is 58.5 Å². The van der Waals surface area contributed by atoms with Crippen molar-refractivity contribution in [3.63, 3.8) is 0 Å². The molecule has 14 nitrogen and oxygen atoms in total. The van der Waals surface area contributed by atoms with Crippen molar-refractivity contribution in [2.45, 2.75) is 180 Å². The predicted octanol–water partition coefficient (Wildman–Crippen LogP) is 6.18. The first-order valence-corrected chi connectivity index (χ1v) is 23.9. The topological polar surface area (TPSA) is 195 Å². The molecule has 0 radical (unpaired) electrons. The first kappa shape index (κ1) is 54.2. The number of ketones is 3. The Bertz CT molecular complexity index is 1760. The van der Waals surface area contributed by atoms with Crippen LogP contribution in [0.2, 0.25) is 0 Å². The first-order chi connectivity index (χ1) is 30.7. The summed E-state index contributed by atoms with van der Waals surface area (Å²) in [7, 11) is 4.52. The van der Waals surface area contributed by atoms with E-state index in [1.165, 1.54) is 12.0 Å². The molecule has 3 aliphatic heterocycles. The van der Waals surface area contributed by atoms with E-state index in [1.54, 1.807) is 41.1 Å². The second-order valence-corrected chi connectivity index (χ2v) is 19.6. The summed E-state index contributed by atoms with van der Waals surface area (Å²) in [5.74, 6) is -7.96. The van der Waals surface area contributed by atoms with Gasteiger partial charge in [-0.15, -0.1) is 0 Å². The fourth-order valence-electron chi connectivity index (χ4n) is 10.1. The van der Waals surface area contributed by atoms with Crippen LogP contribution in [0.5, 0.6) is 0 Å². The molecule has 0 aromatic carbocycles. The maximum Gasteiger partial charge on any atom is 0.329 e. The Balaban J connectivity index is 1.70. The third kappa shape index (κ3) is 14.3. The zero-order valence-electron chi connectivity index (χ0n) is 40.6. The maximum atomic E-state index is 14.4. The van der Waals surface area contributed by atoms with Crippen LogP contribution < -0.4 is 0 Å². The van der Waals surface area contributed by atoms with Gasteiger partial charge >= 0.3 is 5.97 Å². The van der Waals surface area contributed by atoms with Crippen molar-refractivity contribution in [1.82, 2.24) is 4.90 Å². The average Bonchev–Trinajstić information content (AvgIpc) is 3.28. The number of hydrogen-bond acceptors (Lipinski definition) is 13. The minimum atomic E-state index is -2.43. The maximum absolute atomic E-state index is 14.4. The van der Waals surface area contributed by atoms with Crippen LogP contribution in [0.4, 0.5) is 0 Å². The van der Waals surface area contributed by atoms with E-state index in [9.17, 15) is 39.3 Å². The predicted molar refractivity (Wildman–Crippen MR) is 245 cm³/mol. The molecule has 0 aromatic rings. The number of rotatable bonds is 6. The summed E-state index contributed by atoms with van der Waals surface area (Å²) in [5, 5.41) is 33.8. The molecule has 3 heterocycles. The largest absolute Gasteiger partial charge is 0.460 e. The molecule has 0 spiro atoms. The molecule has 4 aliphatic rings. The zero-order valence-corrected chi connectivity index (χ0v) is 40.6. The van der Waals surface area contributed by atoms with Gasteiger partial charge in [-0.25, -0.2) is 4.79 Å². The summed E-state index contributed by atoms with van der Waals surface area (Å²) < 4.78 is 29.4. The molecule has 2 saturated heterocycles. The minimum Gasteiger partial charge on any atom is -0.460 e. The molecule has 1 amide bonds. The smallest absolute Gasteiger partial charge is 0.329 e. The molecule has 0 unspecified atom stereocenters. The summed E-state index contributed by atoms with van der Waals surface area (Å²) in [4.78, 5) is 71.8. The lowest BCUT2D eigenvalue weighted by molar-refractivity contribution is -0.265. The molecule has 3 N–H and O–H groups in total. The Kier molecular flexibility index (Phi) is 21.0. The van der Waals surface area contributed by atoms with E-state index in [0.29, 0.717) is 63.4 Å². The Morgan fingerprint density at radius 3 is 2.25 bits per heavy atom. The number of aliphatic hydroxyl groups is 3. The van der Waals surface area contributed by atoms with Gasteiger partial charge in [-0.3, -0.25) is 19.2 Å². The third-order valence-corrected chi connectivity index (χ3v) is 14.5. The second-order valence-electron chi connectivity index (χ2n) is 19.6. The van der Waals surface area contributed by atoms with Gasteiger partial charge in [0.15, 0.2) is 5.78 Å². The third-order valence-electron chi connectivity index (χ3n) is 14.5. The summed E-state index contributed by atoms with van der Waals surface area (Å²) in [5.41, 5.74) is 1.27. The van der Waals surface area contributed by atoms with Crippen molar-refractivity contribution in [3.05, 3.63) is 47.6 Å². The summed E-state index contributed by atoms with van der Waals surface area (Å²) in [6.07, 6.45) is 11.2. The Morgan fingerprint density at radius 2 is 1.57 bits per heavy atom. The van der Waals surface area contributed by atoms with Gasteiger partial charge in [0.2, 0.25) is 5.79 Å². The minimum absolute atomic E-state index is 0.0193. The summed E-state index contributed by atoms with van der Waals surface area (Å²) in [6, 6.07) is -1.14. The van der Waals surface area contributed by atoms with Crippen LogP contribution >= 0.6 is 0 Å². The van der Waals surface area contributed by atoms with Gasteiger partial charge in [0.05, 0.1) is 24.4 Å². The normalized spacial score (nSPS) is 39.1. The molecule has 1 aliphatic carbocycles. The number of allylic oxidation sites excluding steroid dienone is 6. The molecule has 3 fully saturated rings. The molecule has 2 bridgehead atoms. The molecule has 15 atom stereocenters. The van der Waals surface area contributed by atoms with Gasteiger partial charge in [-0.05, 0) is 107 Å². The van der Waals surface area contributed by atoms with Crippen LogP contribution in [0, 0.1) is 35.5 Å². The molecule has 14 heteroatoms. The van der Waals surface area contributed by atoms with Gasteiger partial charge in [-0.2, -0.15) is 0 Å². The van der Waals surface area contributed by atoms with Gasteiger partial charge < -0.3 is 43.9 Å². The molecule has 0 aromatic heterocycles. The highest BCUT2D eigenvalue weighted by molar-refractivity contribution is 6.39. The highest BCUT2D eigenvalue weighted by Crippen LogP contribution is 2.38. The van der Waals surface area contributed by atoms with Crippen LogP contribution in [0.25, 0.3) is 0 Å². The van der Waals surface area contributed by atoms with Crippen molar-refractivity contribution in [3.8, 4) is 0 Å². The zero-order chi connectivity index (χ0) is 48.2. The van der Waals surface area contributed by atoms with Crippen LogP contribution in [0.1, 0.15) is 126 Å². The fraction of sp³-hybridized carbons (Fsp3) is 0.745. The van der Waals surface area contributed by atoms with Crippen molar-refractivity contribution < 1.29 is 63.0 Å². The number of methoxy groups -OCH3 is 3. The van der Waals surface area contributed by atoms with E-state index < -0.39 is 83.9 Å². The number of Topliss-reactive ketones (excluding diaryl/α,β-unsaturated/α-hetero) is 3. The number of piperidine rings is 1. The number of hydrogen-bond donors (Lipinski definition) is 3. The van der Waals surface area contributed by atoms with E-state index >= 15 is 0 Å². The van der Waals surface area contributed by atoms with Gasteiger partial charge in [0.1, 0.15) is 30.1 Å². The Morgan fingerprint density at radius 1 is 0.846 bits per heavy atom. The van der Waals surface area contributed by atoms with Crippen LogP contribution in [0.15, 0.2) is 47.6 Å². The van der Waals surface area contributed by atoms with Crippen molar-refractivity contribution in [2.75, 3.05) is 27.9 Å². The van der Waals surface area contributed by atoms with E-state index in [2.05, 4.69) is 0 Å². The van der Waals surface area contributed by atoms with E-state index in [0.717, 1.165) is 12.0 Å². The number of amides is 1. The summed E-state index contributed by atoms with van der Waals surface area (Å²) >= 11 is 0.